The van der Waals surface area contributed by atoms with Crippen molar-refractivity contribution in [2.45, 2.75) is 27.3 Å². The molecule has 0 unspecified atom stereocenters. The van der Waals surface area contributed by atoms with Gasteiger partial charge in [0.1, 0.15) is 5.82 Å². The number of guanidine groups is 1. The largest absolute Gasteiger partial charge is 0.357 e. The highest BCUT2D eigenvalue weighted by molar-refractivity contribution is 14.0. The Morgan fingerprint density at radius 3 is 2.30 bits per heavy atom. The Morgan fingerprint density at radius 2 is 1.74 bits per heavy atom. The van der Waals surface area contributed by atoms with Crippen LogP contribution in [0.15, 0.2) is 29.3 Å². The van der Waals surface area contributed by atoms with Crippen molar-refractivity contribution >= 4 is 35.8 Å². The molecule has 0 aliphatic heterocycles. The molecule has 0 heterocycles. The zero-order chi connectivity index (χ0) is 16.4. The number of nitrogens with one attached hydrogen (secondary N) is 3. The lowest BCUT2D eigenvalue weighted by Crippen LogP contribution is -2.42. The Labute approximate surface area is 154 Å². The highest BCUT2D eigenvalue weighted by atomic mass is 127. The Hall–Kier alpha value is -1.38. The third-order valence-electron chi connectivity index (χ3n) is 2.92. The number of rotatable bonds is 7. The summed E-state index contributed by atoms with van der Waals surface area (Å²) in [5.74, 6) is 0.444. The maximum atomic E-state index is 12.8. The average Bonchev–Trinajstić information content (AvgIpc) is 2.50. The van der Waals surface area contributed by atoms with E-state index in [9.17, 15) is 9.18 Å². The summed E-state index contributed by atoms with van der Waals surface area (Å²) in [5, 5.41) is 9.11. The molecule has 7 heteroatoms. The van der Waals surface area contributed by atoms with E-state index < -0.39 is 0 Å². The van der Waals surface area contributed by atoms with Crippen molar-refractivity contribution in [3.63, 3.8) is 0 Å². The normalized spacial score (nSPS) is 10.9. The molecule has 1 aromatic carbocycles. The number of halogens is 2. The fourth-order valence-corrected chi connectivity index (χ4v) is 1.67. The van der Waals surface area contributed by atoms with E-state index in [2.05, 4.69) is 20.9 Å². The molecule has 0 fully saturated rings. The van der Waals surface area contributed by atoms with Crippen LogP contribution >= 0.6 is 24.0 Å². The number of amides is 1. The van der Waals surface area contributed by atoms with E-state index in [1.54, 1.807) is 12.1 Å². The van der Waals surface area contributed by atoms with Gasteiger partial charge in [-0.15, -0.1) is 24.0 Å². The molecule has 130 valence electrons. The lowest BCUT2D eigenvalue weighted by molar-refractivity contribution is -0.123. The second kappa shape index (κ2) is 12.1. The van der Waals surface area contributed by atoms with E-state index in [0.717, 1.165) is 12.1 Å². The number of aliphatic imine (C=N–C) groups is 1. The van der Waals surface area contributed by atoms with Crippen LogP contribution in [0.4, 0.5) is 4.39 Å². The smallest absolute Gasteiger partial charge is 0.222 e. The first kappa shape index (κ1) is 21.6. The molecule has 0 aliphatic rings. The van der Waals surface area contributed by atoms with E-state index in [1.165, 1.54) is 12.1 Å². The van der Waals surface area contributed by atoms with Crippen LogP contribution in [0.25, 0.3) is 0 Å². The van der Waals surface area contributed by atoms with E-state index in [1.807, 2.05) is 20.8 Å². The SMILES string of the molecule is CCNC(=NCc1ccc(F)cc1)NCCNC(=O)C(C)C.I. The van der Waals surface area contributed by atoms with Gasteiger partial charge in [-0.1, -0.05) is 26.0 Å². The van der Waals surface area contributed by atoms with E-state index in [-0.39, 0.29) is 41.6 Å². The summed E-state index contributed by atoms with van der Waals surface area (Å²) in [4.78, 5) is 15.9. The standard InChI is InChI=1S/C16H25FN4O.HI/c1-4-18-16(20-10-9-19-15(22)12(2)3)21-11-13-5-7-14(17)8-6-13;/h5-8,12H,4,9-11H2,1-3H3,(H,19,22)(H2,18,20,21);1H. The van der Waals surface area contributed by atoms with Gasteiger partial charge in [0.15, 0.2) is 5.96 Å². The Kier molecular flexibility index (Phi) is 11.4. The number of benzene rings is 1. The summed E-state index contributed by atoms with van der Waals surface area (Å²) >= 11 is 0. The zero-order valence-corrected chi connectivity index (χ0v) is 16.2. The van der Waals surface area contributed by atoms with Crippen LogP contribution in [-0.2, 0) is 11.3 Å². The molecule has 0 bridgehead atoms. The molecular weight excluding hydrogens is 410 g/mol. The van der Waals surface area contributed by atoms with Gasteiger partial charge in [-0.2, -0.15) is 0 Å². The van der Waals surface area contributed by atoms with Crippen LogP contribution in [0, 0.1) is 11.7 Å². The molecule has 1 aromatic rings. The molecule has 0 radical (unpaired) electrons. The monoisotopic (exact) mass is 436 g/mol. The van der Waals surface area contributed by atoms with Crippen molar-refractivity contribution < 1.29 is 9.18 Å². The van der Waals surface area contributed by atoms with Gasteiger partial charge in [-0.3, -0.25) is 4.79 Å². The van der Waals surface area contributed by atoms with E-state index in [0.29, 0.717) is 25.6 Å². The van der Waals surface area contributed by atoms with E-state index >= 15 is 0 Å². The summed E-state index contributed by atoms with van der Waals surface area (Å²) in [7, 11) is 0. The Morgan fingerprint density at radius 1 is 1.13 bits per heavy atom. The van der Waals surface area contributed by atoms with Crippen molar-refractivity contribution in [2.24, 2.45) is 10.9 Å². The van der Waals surface area contributed by atoms with Crippen molar-refractivity contribution in [1.29, 1.82) is 0 Å². The molecule has 0 aliphatic carbocycles. The third kappa shape index (κ3) is 9.37. The predicted molar refractivity (Wildman–Crippen MR) is 102 cm³/mol. The molecule has 0 spiro atoms. The Balaban J connectivity index is 0.00000484. The Bertz CT molecular complexity index is 491. The van der Waals surface area contributed by atoms with Crippen LogP contribution in [0.2, 0.25) is 0 Å². The number of hydrogen-bond acceptors (Lipinski definition) is 2. The molecule has 5 nitrogen and oxygen atoms in total. The van der Waals surface area contributed by atoms with Crippen LogP contribution in [0.1, 0.15) is 26.3 Å². The minimum Gasteiger partial charge on any atom is -0.357 e. The van der Waals surface area contributed by atoms with Crippen molar-refractivity contribution in [3.8, 4) is 0 Å². The number of hydrogen-bond donors (Lipinski definition) is 3. The van der Waals surface area contributed by atoms with E-state index in [4.69, 9.17) is 0 Å². The molecule has 0 saturated heterocycles. The summed E-state index contributed by atoms with van der Waals surface area (Å²) in [6, 6.07) is 6.27. The van der Waals surface area contributed by atoms with Crippen molar-refractivity contribution in [2.75, 3.05) is 19.6 Å². The first-order valence-electron chi connectivity index (χ1n) is 7.57. The highest BCUT2D eigenvalue weighted by Gasteiger charge is 2.05. The number of nitrogens with zero attached hydrogens (tertiary/aromatic N) is 1. The second-order valence-electron chi connectivity index (χ2n) is 5.19. The van der Waals surface area contributed by atoms with Crippen LogP contribution < -0.4 is 16.0 Å². The fraction of sp³-hybridized carbons (Fsp3) is 0.500. The lowest BCUT2D eigenvalue weighted by Gasteiger charge is -2.12. The molecule has 3 N–H and O–H groups in total. The third-order valence-corrected chi connectivity index (χ3v) is 2.92. The first-order chi connectivity index (χ1) is 10.5. The maximum Gasteiger partial charge on any atom is 0.222 e. The summed E-state index contributed by atoms with van der Waals surface area (Å²) in [6.45, 7) is 8.04. The maximum absolute atomic E-state index is 12.8. The van der Waals surface area contributed by atoms with Gasteiger partial charge in [0.2, 0.25) is 5.91 Å². The van der Waals surface area contributed by atoms with Gasteiger partial charge in [-0.25, -0.2) is 9.38 Å². The van der Waals surface area contributed by atoms with Gasteiger partial charge in [-0.05, 0) is 24.6 Å². The minimum atomic E-state index is -0.251. The highest BCUT2D eigenvalue weighted by Crippen LogP contribution is 2.03. The second-order valence-corrected chi connectivity index (χ2v) is 5.19. The summed E-state index contributed by atoms with van der Waals surface area (Å²) in [5.41, 5.74) is 0.937. The molecule has 0 aromatic heterocycles. The van der Waals surface area contributed by atoms with Crippen molar-refractivity contribution in [1.82, 2.24) is 16.0 Å². The fourth-order valence-electron chi connectivity index (χ4n) is 1.67. The topological polar surface area (TPSA) is 65.5 Å². The average molecular weight is 436 g/mol. The van der Waals surface area contributed by atoms with Gasteiger partial charge >= 0.3 is 0 Å². The van der Waals surface area contributed by atoms with Gasteiger partial charge in [0.25, 0.3) is 0 Å². The molecule has 1 amide bonds. The van der Waals surface area contributed by atoms with Crippen molar-refractivity contribution in [3.05, 3.63) is 35.6 Å². The summed E-state index contributed by atoms with van der Waals surface area (Å²) in [6.07, 6.45) is 0. The number of carbonyl (C=O) groups excluding carboxylic acids is 1. The molecule has 23 heavy (non-hydrogen) atoms. The molecular formula is C16H26FIN4O. The zero-order valence-electron chi connectivity index (χ0n) is 13.9. The number of carbonyl (C=O) groups is 1. The predicted octanol–water partition coefficient (Wildman–Crippen LogP) is 2.27. The van der Waals surface area contributed by atoms with Gasteiger partial charge in [0, 0.05) is 25.6 Å². The van der Waals surface area contributed by atoms with Gasteiger partial charge in [0.05, 0.1) is 6.54 Å². The molecule has 1 rings (SSSR count). The lowest BCUT2D eigenvalue weighted by atomic mass is 10.2. The minimum absolute atomic E-state index is 0. The van der Waals surface area contributed by atoms with Crippen LogP contribution in [0.3, 0.4) is 0 Å². The quantitative estimate of drug-likeness (QED) is 0.266. The van der Waals surface area contributed by atoms with Crippen LogP contribution in [-0.4, -0.2) is 31.5 Å². The summed E-state index contributed by atoms with van der Waals surface area (Å²) < 4.78 is 12.8. The van der Waals surface area contributed by atoms with Crippen LogP contribution in [0.5, 0.6) is 0 Å². The molecule has 0 saturated carbocycles. The first-order valence-corrected chi connectivity index (χ1v) is 7.57. The molecule has 0 atom stereocenters. The van der Waals surface area contributed by atoms with Gasteiger partial charge < -0.3 is 16.0 Å².